The van der Waals surface area contributed by atoms with Crippen LogP contribution in [0, 0.1) is 5.92 Å². The van der Waals surface area contributed by atoms with Crippen LogP contribution in [0.15, 0.2) is 4.99 Å². The summed E-state index contributed by atoms with van der Waals surface area (Å²) in [5.74, 6) is 1.35. The van der Waals surface area contributed by atoms with Crippen LogP contribution >= 0.6 is 0 Å². The highest BCUT2D eigenvalue weighted by atomic mass is 32.2. The summed E-state index contributed by atoms with van der Waals surface area (Å²) in [5, 5.41) is 6.63. The minimum atomic E-state index is -3.03. The second-order valence-corrected chi connectivity index (χ2v) is 7.94. The first-order valence-corrected chi connectivity index (χ1v) is 10.3. The molecule has 0 spiro atoms. The van der Waals surface area contributed by atoms with Crippen LogP contribution in [0.5, 0.6) is 0 Å². The van der Waals surface area contributed by atoms with Gasteiger partial charge in [0, 0.05) is 32.7 Å². The zero-order valence-corrected chi connectivity index (χ0v) is 15.1. The van der Waals surface area contributed by atoms with E-state index in [1.807, 2.05) is 0 Å². The van der Waals surface area contributed by atoms with Crippen LogP contribution in [0.4, 0.5) is 0 Å². The Bertz CT molecular complexity index is 429. The monoisotopic (exact) mass is 332 g/mol. The topological polar surface area (TPSA) is 73.8 Å². The van der Waals surface area contributed by atoms with Crippen molar-refractivity contribution in [1.82, 2.24) is 14.9 Å². The van der Waals surface area contributed by atoms with Gasteiger partial charge in [-0.05, 0) is 32.1 Å². The highest BCUT2D eigenvalue weighted by Gasteiger charge is 2.24. The van der Waals surface area contributed by atoms with E-state index in [4.69, 9.17) is 0 Å². The molecular formula is C15H32N4O2S. The van der Waals surface area contributed by atoms with Gasteiger partial charge in [0.25, 0.3) is 0 Å². The third-order valence-electron chi connectivity index (χ3n) is 3.97. The lowest BCUT2D eigenvalue weighted by molar-refractivity contribution is 0.280. The lowest BCUT2D eigenvalue weighted by atomic mass is 9.98. The number of unbranched alkanes of at least 4 members (excludes halogenated alkanes) is 2. The van der Waals surface area contributed by atoms with Crippen molar-refractivity contribution in [3.63, 3.8) is 0 Å². The summed E-state index contributed by atoms with van der Waals surface area (Å²) in [7, 11) is -3.03. The van der Waals surface area contributed by atoms with Crippen molar-refractivity contribution < 1.29 is 8.42 Å². The van der Waals surface area contributed by atoms with Gasteiger partial charge in [-0.3, -0.25) is 4.99 Å². The third-order valence-corrected chi connectivity index (χ3v) is 5.27. The van der Waals surface area contributed by atoms with Crippen molar-refractivity contribution in [2.24, 2.45) is 10.9 Å². The van der Waals surface area contributed by atoms with Gasteiger partial charge < -0.3 is 10.6 Å². The minimum absolute atomic E-state index is 0.476. The number of aliphatic imine (C=N–C) groups is 1. The first-order valence-electron chi connectivity index (χ1n) is 8.44. The molecule has 130 valence electrons. The standard InChI is InChI=1S/C15H32N4O2S/c1-4-6-7-10-17-15(16-5-2)18-13-14-8-11-19(12-9-14)22(3,20)21/h14H,4-13H2,1-3H3,(H2,16,17,18). The Morgan fingerprint density at radius 3 is 2.41 bits per heavy atom. The number of rotatable bonds is 8. The lowest BCUT2D eigenvalue weighted by Crippen LogP contribution is -2.40. The predicted molar refractivity (Wildman–Crippen MR) is 92.6 cm³/mol. The summed E-state index contributed by atoms with van der Waals surface area (Å²) in [6, 6.07) is 0. The van der Waals surface area contributed by atoms with E-state index in [0.717, 1.165) is 44.9 Å². The first kappa shape index (κ1) is 19.2. The summed E-state index contributed by atoms with van der Waals surface area (Å²) >= 11 is 0. The van der Waals surface area contributed by atoms with Gasteiger partial charge in [-0.2, -0.15) is 0 Å². The zero-order valence-electron chi connectivity index (χ0n) is 14.3. The molecule has 1 fully saturated rings. The molecule has 1 heterocycles. The van der Waals surface area contributed by atoms with Crippen LogP contribution in [0.3, 0.4) is 0 Å². The average molecular weight is 333 g/mol. The first-order chi connectivity index (χ1) is 10.5. The van der Waals surface area contributed by atoms with E-state index in [2.05, 4.69) is 29.5 Å². The quantitative estimate of drug-likeness (QED) is 0.400. The molecular weight excluding hydrogens is 300 g/mol. The Hall–Kier alpha value is -0.820. The Kier molecular flexibility index (Phi) is 8.78. The number of sulfonamides is 1. The fourth-order valence-corrected chi connectivity index (χ4v) is 3.44. The second-order valence-electron chi connectivity index (χ2n) is 5.96. The van der Waals surface area contributed by atoms with Crippen molar-refractivity contribution in [3.05, 3.63) is 0 Å². The van der Waals surface area contributed by atoms with E-state index >= 15 is 0 Å². The van der Waals surface area contributed by atoms with E-state index in [0.29, 0.717) is 19.0 Å². The van der Waals surface area contributed by atoms with Gasteiger partial charge in [0.2, 0.25) is 10.0 Å². The molecule has 0 aromatic heterocycles. The van der Waals surface area contributed by atoms with Crippen LogP contribution < -0.4 is 10.6 Å². The molecule has 0 radical (unpaired) electrons. The lowest BCUT2D eigenvalue weighted by Gasteiger charge is -2.29. The summed E-state index contributed by atoms with van der Waals surface area (Å²) in [4.78, 5) is 4.65. The summed E-state index contributed by atoms with van der Waals surface area (Å²) in [6.45, 7) is 8.08. The average Bonchev–Trinajstić information content (AvgIpc) is 2.48. The molecule has 1 aliphatic heterocycles. The summed E-state index contributed by atoms with van der Waals surface area (Å²) < 4.78 is 24.6. The Balaban J connectivity index is 2.37. The number of hydrogen-bond acceptors (Lipinski definition) is 3. The van der Waals surface area contributed by atoms with Crippen LogP contribution in [-0.2, 0) is 10.0 Å². The van der Waals surface area contributed by atoms with Crippen molar-refractivity contribution in [2.75, 3.05) is 39.0 Å². The smallest absolute Gasteiger partial charge is 0.211 e. The molecule has 0 unspecified atom stereocenters. The number of nitrogens with one attached hydrogen (secondary N) is 2. The molecule has 1 saturated heterocycles. The summed E-state index contributed by atoms with van der Waals surface area (Å²) in [5.41, 5.74) is 0. The fraction of sp³-hybridized carbons (Fsp3) is 0.933. The molecule has 0 aliphatic carbocycles. The minimum Gasteiger partial charge on any atom is -0.357 e. The predicted octanol–water partition coefficient (Wildman–Crippen LogP) is 1.40. The van der Waals surface area contributed by atoms with Gasteiger partial charge in [0.05, 0.1) is 6.26 Å². The van der Waals surface area contributed by atoms with E-state index in [9.17, 15) is 8.42 Å². The maximum atomic E-state index is 11.5. The maximum absolute atomic E-state index is 11.5. The molecule has 6 nitrogen and oxygen atoms in total. The van der Waals surface area contributed by atoms with Crippen molar-refractivity contribution in [2.45, 2.75) is 46.0 Å². The Morgan fingerprint density at radius 1 is 1.18 bits per heavy atom. The van der Waals surface area contributed by atoms with Gasteiger partial charge in [-0.1, -0.05) is 19.8 Å². The Morgan fingerprint density at radius 2 is 1.86 bits per heavy atom. The van der Waals surface area contributed by atoms with Gasteiger partial charge in [-0.15, -0.1) is 0 Å². The molecule has 0 bridgehead atoms. The molecule has 1 rings (SSSR count). The maximum Gasteiger partial charge on any atom is 0.211 e. The largest absolute Gasteiger partial charge is 0.357 e. The molecule has 0 saturated carbocycles. The number of hydrogen-bond donors (Lipinski definition) is 2. The highest BCUT2D eigenvalue weighted by molar-refractivity contribution is 7.88. The molecule has 7 heteroatoms. The van der Waals surface area contributed by atoms with E-state index in [1.165, 1.54) is 19.1 Å². The van der Waals surface area contributed by atoms with Gasteiger partial charge in [0.1, 0.15) is 0 Å². The zero-order chi connectivity index (χ0) is 16.4. The molecule has 0 aromatic carbocycles. The normalized spacial score (nSPS) is 18.4. The van der Waals surface area contributed by atoms with Crippen molar-refractivity contribution in [1.29, 1.82) is 0 Å². The highest BCUT2D eigenvalue weighted by Crippen LogP contribution is 2.19. The van der Waals surface area contributed by atoms with Crippen LogP contribution in [0.2, 0.25) is 0 Å². The van der Waals surface area contributed by atoms with Gasteiger partial charge in [0.15, 0.2) is 5.96 Å². The fourth-order valence-electron chi connectivity index (χ4n) is 2.57. The third kappa shape index (κ3) is 7.45. The van der Waals surface area contributed by atoms with E-state index in [-0.39, 0.29) is 0 Å². The molecule has 0 amide bonds. The number of piperidine rings is 1. The van der Waals surface area contributed by atoms with E-state index in [1.54, 1.807) is 4.31 Å². The summed E-state index contributed by atoms with van der Waals surface area (Å²) in [6.07, 6.45) is 6.69. The van der Waals surface area contributed by atoms with Crippen LogP contribution in [0.25, 0.3) is 0 Å². The Labute approximate surface area is 135 Å². The molecule has 22 heavy (non-hydrogen) atoms. The van der Waals surface area contributed by atoms with Crippen molar-refractivity contribution in [3.8, 4) is 0 Å². The molecule has 1 aliphatic rings. The SMILES string of the molecule is CCCCCNC(=NCC1CCN(S(C)(=O)=O)CC1)NCC. The van der Waals surface area contributed by atoms with Crippen molar-refractivity contribution >= 4 is 16.0 Å². The number of nitrogens with zero attached hydrogens (tertiary/aromatic N) is 2. The van der Waals surface area contributed by atoms with Gasteiger partial charge >= 0.3 is 0 Å². The second kappa shape index (κ2) is 10.0. The molecule has 0 aromatic rings. The molecule has 2 N–H and O–H groups in total. The van der Waals surface area contributed by atoms with Crippen LogP contribution in [-0.4, -0.2) is 57.7 Å². The van der Waals surface area contributed by atoms with Crippen LogP contribution in [0.1, 0.15) is 46.0 Å². The van der Waals surface area contributed by atoms with E-state index < -0.39 is 10.0 Å². The number of guanidine groups is 1. The molecule has 0 atom stereocenters. The van der Waals surface area contributed by atoms with Gasteiger partial charge in [-0.25, -0.2) is 12.7 Å².